The zero-order valence-electron chi connectivity index (χ0n) is 20.6. The van der Waals surface area contributed by atoms with E-state index < -0.39 is 25.7 Å². The van der Waals surface area contributed by atoms with Crippen LogP contribution in [0, 0.1) is 5.92 Å². The van der Waals surface area contributed by atoms with Crippen molar-refractivity contribution in [3.05, 3.63) is 52.1 Å². The van der Waals surface area contributed by atoms with Crippen molar-refractivity contribution in [3.63, 3.8) is 0 Å². The van der Waals surface area contributed by atoms with Gasteiger partial charge in [0.2, 0.25) is 8.41 Å². The molecule has 0 saturated carbocycles. The topological polar surface area (TPSA) is 49.8 Å². The van der Waals surface area contributed by atoms with Crippen molar-refractivity contribution >= 4 is 31.6 Å². The first-order chi connectivity index (χ1) is 15.4. The second-order valence-electron chi connectivity index (χ2n) is 10.2. The van der Waals surface area contributed by atoms with Gasteiger partial charge in [-0.2, -0.15) is 0 Å². The van der Waals surface area contributed by atoms with E-state index in [4.69, 9.17) is 16.3 Å². The molecule has 4 nitrogen and oxygen atoms in total. The van der Waals surface area contributed by atoms with E-state index in [1.54, 1.807) is 30.1 Å². The van der Waals surface area contributed by atoms with Gasteiger partial charge < -0.3 is 18.9 Å². The lowest BCUT2D eigenvalue weighted by Gasteiger charge is -2.31. The van der Waals surface area contributed by atoms with Crippen LogP contribution < -0.4 is 4.90 Å². The summed E-state index contributed by atoms with van der Waals surface area (Å²) < 4.78 is 22.0. The van der Waals surface area contributed by atoms with Crippen molar-refractivity contribution in [1.29, 1.82) is 0 Å². The molecule has 1 aromatic carbocycles. The minimum atomic E-state index is -3.19. The summed E-state index contributed by atoms with van der Waals surface area (Å²) in [6.07, 6.45) is 6.00. The first-order valence-corrected chi connectivity index (χ1v) is 15.1. The molecule has 2 aliphatic heterocycles. The monoisotopic (exact) mass is 493 g/mol. The molecule has 1 N–H and O–H groups in total. The van der Waals surface area contributed by atoms with Gasteiger partial charge in [-0.3, -0.25) is 4.79 Å². The molecule has 33 heavy (non-hydrogen) atoms. The van der Waals surface area contributed by atoms with Gasteiger partial charge in [0, 0.05) is 35.2 Å². The highest BCUT2D eigenvalue weighted by Crippen LogP contribution is 2.60. The third kappa shape index (κ3) is 4.99. The quantitative estimate of drug-likeness (QED) is 0.254. The van der Waals surface area contributed by atoms with Crippen LogP contribution in [-0.2, 0) is 15.1 Å². The summed E-state index contributed by atoms with van der Waals surface area (Å²) in [4.78, 5) is 15.7. The van der Waals surface area contributed by atoms with E-state index in [0.717, 1.165) is 18.5 Å². The fourth-order valence-corrected chi connectivity index (χ4v) is 8.25. The minimum absolute atomic E-state index is 0.109. The Morgan fingerprint density at radius 2 is 2.00 bits per heavy atom. The van der Waals surface area contributed by atoms with Crippen LogP contribution in [-0.4, -0.2) is 38.7 Å². The van der Waals surface area contributed by atoms with E-state index in [1.165, 1.54) is 11.1 Å². The van der Waals surface area contributed by atoms with Crippen LogP contribution in [0.15, 0.2) is 41.5 Å². The Bertz CT molecular complexity index is 953. The molecule has 0 aliphatic carbocycles. The van der Waals surface area contributed by atoms with Crippen LogP contribution in [0.3, 0.4) is 0 Å². The molecule has 2 aliphatic rings. The van der Waals surface area contributed by atoms with Gasteiger partial charge in [0.1, 0.15) is 0 Å². The second-order valence-corrected chi connectivity index (χ2v) is 14.5. The number of aliphatic hydroxyl groups is 1. The van der Waals surface area contributed by atoms with E-state index in [0.29, 0.717) is 23.6 Å². The van der Waals surface area contributed by atoms with Crippen LogP contribution in [0.1, 0.15) is 52.5 Å². The molecule has 1 aromatic rings. The number of carbonyl (C=O) groups is 1. The van der Waals surface area contributed by atoms with Crippen molar-refractivity contribution in [1.82, 2.24) is 0 Å². The molecular formula is C26H37ClFNO3Si. The smallest absolute Gasteiger partial charge is 0.264 e. The molecule has 3 rings (SSSR count). The zero-order chi connectivity index (χ0) is 24.6. The number of anilines is 1. The number of hydrogen-bond donors (Lipinski definition) is 1. The number of ether oxygens (including phenoxy) is 1. The van der Waals surface area contributed by atoms with Crippen molar-refractivity contribution < 1.29 is 18.7 Å². The normalized spacial score (nSPS) is 27.4. The lowest BCUT2D eigenvalue weighted by molar-refractivity contribution is -0.146. The molecule has 1 amide bonds. The molecule has 0 aromatic heterocycles. The highest BCUT2D eigenvalue weighted by Gasteiger charge is 2.66. The van der Waals surface area contributed by atoms with Gasteiger partial charge in [-0.05, 0) is 71.3 Å². The molecule has 1 spiro atoms. The summed E-state index contributed by atoms with van der Waals surface area (Å²) in [5, 5.41) is 10.1. The second kappa shape index (κ2) is 10.0. The molecule has 1 saturated heterocycles. The first-order valence-electron chi connectivity index (χ1n) is 11.8. The summed E-state index contributed by atoms with van der Waals surface area (Å²) in [6, 6.07) is 5.43. The summed E-state index contributed by atoms with van der Waals surface area (Å²) in [5.41, 5.74) is 2.32. The Morgan fingerprint density at radius 1 is 1.30 bits per heavy atom. The van der Waals surface area contributed by atoms with Gasteiger partial charge in [0.25, 0.3) is 5.91 Å². The molecule has 4 atom stereocenters. The molecule has 1 fully saturated rings. The molecular weight excluding hydrogens is 457 g/mol. The Morgan fingerprint density at radius 3 is 2.61 bits per heavy atom. The largest absolute Gasteiger partial charge is 0.396 e. The number of rotatable bonds is 8. The van der Waals surface area contributed by atoms with E-state index in [-0.39, 0.29) is 18.4 Å². The van der Waals surface area contributed by atoms with Crippen molar-refractivity contribution in [3.8, 4) is 0 Å². The number of carbonyl (C=O) groups excluding carboxylic acids is 1. The molecule has 0 unspecified atom stereocenters. The van der Waals surface area contributed by atoms with Crippen molar-refractivity contribution in [2.24, 2.45) is 5.92 Å². The van der Waals surface area contributed by atoms with Crippen LogP contribution in [0.4, 0.5) is 9.80 Å². The number of halogens is 2. The number of fused-ring (bicyclic) bond motifs is 2. The Hall–Kier alpha value is -1.47. The predicted octanol–water partition coefficient (Wildman–Crippen LogP) is 6.54. The molecule has 2 heterocycles. The van der Waals surface area contributed by atoms with E-state index >= 15 is 4.11 Å². The summed E-state index contributed by atoms with van der Waals surface area (Å²) in [6.45, 7) is 11.8. The zero-order valence-corrected chi connectivity index (χ0v) is 22.4. The van der Waals surface area contributed by atoms with Gasteiger partial charge in [0.15, 0.2) is 5.60 Å². The third-order valence-corrected chi connectivity index (χ3v) is 9.74. The van der Waals surface area contributed by atoms with Crippen molar-refractivity contribution in [2.45, 2.75) is 77.3 Å². The van der Waals surface area contributed by atoms with Crippen LogP contribution in [0.25, 0.3) is 0 Å². The highest BCUT2D eigenvalue weighted by atomic mass is 35.5. The average Bonchev–Trinajstić information content (AvgIpc) is 3.13. The predicted molar refractivity (Wildman–Crippen MR) is 136 cm³/mol. The average molecular weight is 494 g/mol. The maximum absolute atomic E-state index is 15.5. The van der Waals surface area contributed by atoms with Gasteiger partial charge in [0.05, 0.1) is 11.8 Å². The van der Waals surface area contributed by atoms with E-state index in [2.05, 4.69) is 32.9 Å². The molecule has 0 bridgehead atoms. The van der Waals surface area contributed by atoms with Gasteiger partial charge in [-0.1, -0.05) is 41.8 Å². The molecule has 182 valence electrons. The van der Waals surface area contributed by atoms with Crippen LogP contribution in [0.5, 0.6) is 0 Å². The fourth-order valence-electron chi connectivity index (χ4n) is 5.54. The molecule has 0 radical (unpaired) electrons. The maximum atomic E-state index is 15.5. The van der Waals surface area contributed by atoms with E-state index in [9.17, 15) is 9.90 Å². The fraction of sp³-hybridized carbons (Fsp3) is 0.577. The summed E-state index contributed by atoms with van der Waals surface area (Å²) in [5.74, 6) is -0.525. The first kappa shape index (κ1) is 26.1. The number of nitrogens with zero attached hydrogens (tertiary/aromatic N) is 1. The SMILES string of the molecule is CC(C)=CCC/C(C)=C/CN1C(=O)[C@@]2(O[C@@H](CCO)[C@H]([Si](C)(C)F)[C@H]2C)c2cc(Cl)ccc21. The van der Waals surface area contributed by atoms with Gasteiger partial charge >= 0.3 is 0 Å². The number of allylic oxidation sites excluding steroid dienone is 3. The Balaban J connectivity index is 1.99. The molecule has 7 heteroatoms. The standard InChI is InChI=1S/C26H37ClFNO3Si/c1-17(2)8-7-9-18(3)12-14-29-22-11-10-20(27)16-21(22)26(25(29)31)19(4)24(33(5,6)28)23(32-26)13-15-30/h8,10-12,16,19,23-24,30H,7,9,13-15H2,1-6H3/b18-12+/t19-,23+,24-,26+/m1/s1. The number of aliphatic hydroxyl groups excluding tert-OH is 1. The number of amides is 1. The third-order valence-electron chi connectivity index (χ3n) is 7.05. The van der Waals surface area contributed by atoms with E-state index in [1.807, 2.05) is 13.0 Å². The lowest BCUT2D eigenvalue weighted by Crippen LogP contribution is -2.45. The number of hydrogen-bond acceptors (Lipinski definition) is 3. The Labute approximate surface area is 203 Å². The lowest BCUT2D eigenvalue weighted by atomic mass is 9.82. The van der Waals surface area contributed by atoms with Crippen LogP contribution >= 0.6 is 11.6 Å². The van der Waals surface area contributed by atoms with Gasteiger partial charge in [-0.25, -0.2) is 0 Å². The maximum Gasteiger partial charge on any atom is 0.264 e. The van der Waals surface area contributed by atoms with Crippen molar-refractivity contribution in [2.75, 3.05) is 18.1 Å². The highest BCUT2D eigenvalue weighted by molar-refractivity contribution is 6.72. The van der Waals surface area contributed by atoms with Crippen LogP contribution in [0.2, 0.25) is 23.7 Å². The Kier molecular flexibility index (Phi) is 7.94. The summed E-state index contributed by atoms with van der Waals surface area (Å²) >= 11 is 6.35. The summed E-state index contributed by atoms with van der Waals surface area (Å²) in [7, 11) is -3.19. The van der Waals surface area contributed by atoms with Gasteiger partial charge in [-0.15, -0.1) is 0 Å². The minimum Gasteiger partial charge on any atom is -0.396 e. The number of benzene rings is 1.